The maximum absolute atomic E-state index is 12.9. The molecule has 0 saturated carbocycles. The number of likely N-dealkylation sites (N-methyl/N-ethyl adjacent to an activating group) is 1. The van der Waals surface area contributed by atoms with Crippen LogP contribution >= 0.6 is 0 Å². The van der Waals surface area contributed by atoms with Gasteiger partial charge in [0.1, 0.15) is 17.0 Å². The fourth-order valence-corrected chi connectivity index (χ4v) is 3.79. The Morgan fingerprint density at radius 3 is 2.54 bits per heavy atom. The Kier molecular flexibility index (Phi) is 8.00. The van der Waals surface area contributed by atoms with E-state index < -0.39 is 0 Å². The number of aromatic nitrogens is 1. The summed E-state index contributed by atoms with van der Waals surface area (Å²) in [4.78, 5) is 19.5. The van der Waals surface area contributed by atoms with Gasteiger partial charge >= 0.3 is 0 Å². The first-order chi connectivity index (χ1) is 17.1. The average molecular weight is 473 g/mol. The number of hydrogen-bond donors (Lipinski definition) is 2. The molecule has 4 aromatic rings. The van der Waals surface area contributed by atoms with Crippen molar-refractivity contribution in [3.8, 4) is 11.5 Å². The van der Waals surface area contributed by atoms with Gasteiger partial charge in [-0.2, -0.15) is 4.98 Å². The Labute approximate surface area is 206 Å². The smallest absolute Gasteiger partial charge is 0.298 e. The number of ether oxygens (including phenoxy) is 1. The standard InChI is InChI=1S/C28H32N4O3/c1-4-21(5-2)29-16-17-32(3)28-31-25-19-22(14-15-26(25)35-28)30-27(33)20-10-9-13-24(18-20)34-23-11-7-6-8-12-23/h6-15,18-19,21,29H,4-5,16-17H2,1-3H3,(H,30,33). The van der Waals surface area contributed by atoms with Crippen LogP contribution in [0.4, 0.5) is 11.7 Å². The summed E-state index contributed by atoms with van der Waals surface area (Å²) in [5, 5.41) is 6.49. The van der Waals surface area contributed by atoms with Gasteiger partial charge in [-0.25, -0.2) is 0 Å². The fourth-order valence-electron chi connectivity index (χ4n) is 3.79. The van der Waals surface area contributed by atoms with E-state index >= 15 is 0 Å². The van der Waals surface area contributed by atoms with Crippen LogP contribution in [0.5, 0.6) is 11.5 Å². The summed E-state index contributed by atoms with van der Waals surface area (Å²) >= 11 is 0. The van der Waals surface area contributed by atoms with E-state index in [4.69, 9.17) is 9.15 Å². The molecule has 0 atom stereocenters. The van der Waals surface area contributed by atoms with Crippen molar-refractivity contribution >= 4 is 28.7 Å². The van der Waals surface area contributed by atoms with E-state index in [-0.39, 0.29) is 5.91 Å². The normalized spacial score (nSPS) is 11.1. The summed E-state index contributed by atoms with van der Waals surface area (Å²) in [5.41, 5.74) is 2.52. The van der Waals surface area contributed by atoms with Crippen LogP contribution in [0, 0.1) is 0 Å². The van der Waals surface area contributed by atoms with Crippen molar-refractivity contribution in [3.63, 3.8) is 0 Å². The molecule has 0 aliphatic rings. The minimum atomic E-state index is -0.226. The SMILES string of the molecule is CCC(CC)NCCN(C)c1nc2cc(NC(=O)c3cccc(Oc4ccccc4)c3)ccc2o1. The van der Waals surface area contributed by atoms with Crippen LogP contribution in [0.2, 0.25) is 0 Å². The van der Waals surface area contributed by atoms with Crippen LogP contribution in [0.3, 0.4) is 0 Å². The number of carbonyl (C=O) groups excluding carboxylic acids is 1. The lowest BCUT2D eigenvalue weighted by Crippen LogP contribution is -2.35. The summed E-state index contributed by atoms with van der Waals surface area (Å²) < 4.78 is 11.8. The molecule has 4 rings (SSSR count). The lowest BCUT2D eigenvalue weighted by atomic mass is 10.2. The lowest BCUT2D eigenvalue weighted by molar-refractivity contribution is 0.102. The maximum atomic E-state index is 12.9. The second kappa shape index (κ2) is 11.5. The third kappa shape index (κ3) is 6.39. The van der Waals surface area contributed by atoms with E-state index in [9.17, 15) is 4.79 Å². The van der Waals surface area contributed by atoms with Crippen molar-refractivity contribution in [2.75, 3.05) is 30.4 Å². The molecule has 0 aliphatic carbocycles. The molecule has 1 heterocycles. The summed E-state index contributed by atoms with van der Waals surface area (Å²) in [5.74, 6) is 1.09. The highest BCUT2D eigenvalue weighted by atomic mass is 16.5. The van der Waals surface area contributed by atoms with Crippen molar-refractivity contribution < 1.29 is 13.9 Å². The zero-order chi connectivity index (χ0) is 24.6. The molecule has 1 amide bonds. The number of nitrogens with one attached hydrogen (secondary N) is 2. The predicted molar refractivity (Wildman–Crippen MR) is 141 cm³/mol. The van der Waals surface area contributed by atoms with Gasteiger partial charge in [-0.05, 0) is 61.4 Å². The van der Waals surface area contributed by atoms with E-state index in [2.05, 4.69) is 29.5 Å². The first kappa shape index (κ1) is 24.3. The van der Waals surface area contributed by atoms with Crippen molar-refractivity contribution in [2.45, 2.75) is 32.7 Å². The van der Waals surface area contributed by atoms with Crippen LogP contribution in [0.25, 0.3) is 11.1 Å². The maximum Gasteiger partial charge on any atom is 0.298 e. The largest absolute Gasteiger partial charge is 0.457 e. The van der Waals surface area contributed by atoms with Crippen LogP contribution in [0.1, 0.15) is 37.0 Å². The summed E-state index contributed by atoms with van der Waals surface area (Å²) in [6.45, 7) is 6.03. The van der Waals surface area contributed by atoms with E-state index in [1.54, 1.807) is 18.2 Å². The minimum absolute atomic E-state index is 0.226. The molecule has 1 aromatic heterocycles. The quantitative estimate of drug-likeness (QED) is 0.275. The van der Waals surface area contributed by atoms with Crippen LogP contribution in [-0.4, -0.2) is 37.1 Å². The van der Waals surface area contributed by atoms with Gasteiger partial charge in [0, 0.05) is 37.4 Å². The van der Waals surface area contributed by atoms with Crippen LogP contribution in [-0.2, 0) is 0 Å². The fraction of sp³-hybridized carbons (Fsp3) is 0.286. The number of hydrogen-bond acceptors (Lipinski definition) is 6. The lowest BCUT2D eigenvalue weighted by Gasteiger charge is -2.18. The molecule has 7 nitrogen and oxygen atoms in total. The first-order valence-electron chi connectivity index (χ1n) is 12.0. The second-order valence-corrected chi connectivity index (χ2v) is 8.47. The zero-order valence-corrected chi connectivity index (χ0v) is 20.5. The Morgan fingerprint density at radius 1 is 1.00 bits per heavy atom. The minimum Gasteiger partial charge on any atom is -0.457 e. The van der Waals surface area contributed by atoms with E-state index in [0.717, 1.165) is 25.9 Å². The summed E-state index contributed by atoms with van der Waals surface area (Å²) in [7, 11) is 1.96. The molecule has 0 radical (unpaired) electrons. The van der Waals surface area contributed by atoms with Gasteiger partial charge in [0.15, 0.2) is 5.58 Å². The van der Waals surface area contributed by atoms with Crippen molar-refractivity contribution in [1.82, 2.24) is 10.3 Å². The Hall–Kier alpha value is -3.84. The molecule has 0 bridgehead atoms. The molecule has 0 saturated heterocycles. The van der Waals surface area contributed by atoms with Crippen LogP contribution < -0.4 is 20.3 Å². The highest BCUT2D eigenvalue weighted by Gasteiger charge is 2.13. The number of para-hydroxylation sites is 1. The van der Waals surface area contributed by atoms with E-state index in [0.29, 0.717) is 45.9 Å². The molecule has 3 aromatic carbocycles. The third-order valence-corrected chi connectivity index (χ3v) is 5.90. The Balaban J connectivity index is 1.40. The van der Waals surface area contributed by atoms with E-state index in [1.165, 1.54) is 0 Å². The molecule has 35 heavy (non-hydrogen) atoms. The summed E-state index contributed by atoms with van der Waals surface area (Å²) in [6, 6.07) is 23.1. The number of anilines is 2. The number of oxazole rings is 1. The zero-order valence-electron chi connectivity index (χ0n) is 20.5. The van der Waals surface area contributed by atoms with Crippen molar-refractivity contribution in [1.29, 1.82) is 0 Å². The average Bonchev–Trinajstić information content (AvgIpc) is 3.31. The van der Waals surface area contributed by atoms with Crippen LogP contribution in [0.15, 0.2) is 77.2 Å². The Bertz CT molecular complexity index is 1250. The molecule has 0 spiro atoms. The van der Waals surface area contributed by atoms with Crippen molar-refractivity contribution in [3.05, 3.63) is 78.4 Å². The first-order valence-corrected chi connectivity index (χ1v) is 12.0. The van der Waals surface area contributed by atoms with E-state index in [1.807, 2.05) is 66.5 Å². The molecular weight excluding hydrogens is 440 g/mol. The van der Waals surface area contributed by atoms with Crippen molar-refractivity contribution in [2.24, 2.45) is 0 Å². The Morgan fingerprint density at radius 2 is 1.77 bits per heavy atom. The molecule has 0 aliphatic heterocycles. The van der Waals surface area contributed by atoms with Gasteiger partial charge in [0.2, 0.25) is 0 Å². The monoisotopic (exact) mass is 472 g/mol. The van der Waals surface area contributed by atoms with Gasteiger partial charge < -0.3 is 24.7 Å². The molecule has 2 N–H and O–H groups in total. The molecule has 7 heteroatoms. The molecule has 0 fully saturated rings. The second-order valence-electron chi connectivity index (χ2n) is 8.47. The molecule has 182 valence electrons. The van der Waals surface area contributed by atoms with Gasteiger partial charge in [-0.1, -0.05) is 38.1 Å². The number of fused-ring (bicyclic) bond motifs is 1. The highest BCUT2D eigenvalue weighted by Crippen LogP contribution is 2.25. The van der Waals surface area contributed by atoms with Gasteiger partial charge in [-0.3, -0.25) is 4.79 Å². The van der Waals surface area contributed by atoms with Gasteiger partial charge in [-0.15, -0.1) is 0 Å². The summed E-state index contributed by atoms with van der Waals surface area (Å²) in [6.07, 6.45) is 2.23. The molecular formula is C28H32N4O3. The molecule has 0 unspecified atom stereocenters. The predicted octanol–water partition coefficient (Wildman–Crippen LogP) is 6.09. The number of nitrogens with zero attached hydrogens (tertiary/aromatic N) is 2. The van der Waals surface area contributed by atoms with Gasteiger partial charge in [0.05, 0.1) is 0 Å². The topological polar surface area (TPSA) is 79.6 Å². The number of rotatable bonds is 11. The third-order valence-electron chi connectivity index (χ3n) is 5.90. The number of carbonyl (C=O) groups is 1. The number of benzene rings is 3. The highest BCUT2D eigenvalue weighted by molar-refractivity contribution is 6.05. The van der Waals surface area contributed by atoms with Gasteiger partial charge in [0.25, 0.3) is 11.9 Å². The number of amides is 1.